The summed E-state index contributed by atoms with van der Waals surface area (Å²) in [4.78, 5) is 35.4. The number of halogens is 1. The molecule has 0 aliphatic rings. The van der Waals surface area contributed by atoms with Crippen molar-refractivity contribution in [3.8, 4) is 0 Å². The minimum atomic E-state index is -0.805. The van der Waals surface area contributed by atoms with E-state index < -0.39 is 22.8 Å². The maximum Gasteiger partial charge on any atom is 0.271 e. The van der Waals surface area contributed by atoms with Gasteiger partial charge in [0.1, 0.15) is 6.04 Å². The molecule has 2 aromatic rings. The SMILES string of the molecule is CSCC[C@@H](NC(=O)c1ccccc1Cl)C(=O)Nc1cccc([N+](=O)[O-])c1. The van der Waals surface area contributed by atoms with Gasteiger partial charge in [-0.25, -0.2) is 0 Å². The number of nitro groups is 1. The Labute approximate surface area is 165 Å². The highest BCUT2D eigenvalue weighted by molar-refractivity contribution is 7.98. The second kappa shape index (κ2) is 9.94. The highest BCUT2D eigenvalue weighted by Gasteiger charge is 2.22. The lowest BCUT2D eigenvalue weighted by atomic mass is 10.1. The van der Waals surface area contributed by atoms with Crippen molar-refractivity contribution in [1.29, 1.82) is 0 Å². The molecule has 0 radical (unpaired) electrons. The van der Waals surface area contributed by atoms with Gasteiger partial charge < -0.3 is 10.6 Å². The van der Waals surface area contributed by atoms with Crippen LogP contribution in [0.3, 0.4) is 0 Å². The molecule has 0 unspecified atom stereocenters. The summed E-state index contributed by atoms with van der Waals surface area (Å²) in [6.45, 7) is 0. The number of nitrogens with one attached hydrogen (secondary N) is 2. The van der Waals surface area contributed by atoms with E-state index in [4.69, 9.17) is 11.6 Å². The molecule has 7 nitrogen and oxygen atoms in total. The van der Waals surface area contributed by atoms with E-state index in [-0.39, 0.29) is 22.0 Å². The van der Waals surface area contributed by atoms with Gasteiger partial charge in [-0.1, -0.05) is 29.8 Å². The van der Waals surface area contributed by atoms with Crippen molar-refractivity contribution in [2.75, 3.05) is 17.3 Å². The summed E-state index contributed by atoms with van der Waals surface area (Å²) in [5.41, 5.74) is 0.431. The number of anilines is 1. The van der Waals surface area contributed by atoms with Gasteiger partial charge in [-0.2, -0.15) is 11.8 Å². The van der Waals surface area contributed by atoms with Crippen LogP contribution in [-0.2, 0) is 4.79 Å². The number of rotatable bonds is 8. The van der Waals surface area contributed by atoms with E-state index in [0.717, 1.165) is 0 Å². The van der Waals surface area contributed by atoms with E-state index in [2.05, 4.69) is 10.6 Å². The second-order valence-corrected chi connectivity index (χ2v) is 6.98. The number of amides is 2. The Balaban J connectivity index is 2.13. The Bertz CT molecular complexity index is 847. The van der Waals surface area contributed by atoms with Crippen molar-refractivity contribution in [2.45, 2.75) is 12.5 Å². The van der Waals surface area contributed by atoms with Crippen LogP contribution in [0.25, 0.3) is 0 Å². The zero-order chi connectivity index (χ0) is 19.8. The highest BCUT2D eigenvalue weighted by Crippen LogP contribution is 2.18. The molecule has 142 valence electrons. The predicted octanol–water partition coefficient (Wildman–Crippen LogP) is 3.74. The van der Waals surface area contributed by atoms with Crippen molar-refractivity contribution in [3.63, 3.8) is 0 Å². The van der Waals surface area contributed by atoms with Gasteiger partial charge in [0.2, 0.25) is 5.91 Å². The molecule has 0 aliphatic carbocycles. The monoisotopic (exact) mass is 407 g/mol. The van der Waals surface area contributed by atoms with Crippen LogP contribution in [0.15, 0.2) is 48.5 Å². The Kier molecular flexibility index (Phi) is 7.63. The van der Waals surface area contributed by atoms with Crippen LogP contribution in [0, 0.1) is 10.1 Å². The fraction of sp³-hybridized carbons (Fsp3) is 0.222. The summed E-state index contributed by atoms with van der Waals surface area (Å²) in [5.74, 6) is -0.263. The van der Waals surface area contributed by atoms with Crippen LogP contribution in [0.4, 0.5) is 11.4 Å². The van der Waals surface area contributed by atoms with Gasteiger partial charge in [-0.3, -0.25) is 19.7 Å². The van der Waals surface area contributed by atoms with Gasteiger partial charge in [-0.15, -0.1) is 0 Å². The maximum absolute atomic E-state index is 12.6. The lowest BCUT2D eigenvalue weighted by molar-refractivity contribution is -0.384. The number of benzene rings is 2. The third-order valence-electron chi connectivity index (χ3n) is 3.68. The predicted molar refractivity (Wildman–Crippen MR) is 107 cm³/mol. The number of non-ortho nitro benzene ring substituents is 1. The largest absolute Gasteiger partial charge is 0.340 e. The standard InChI is InChI=1S/C18H18ClN3O4S/c1-27-10-9-16(21-17(23)14-7-2-3-8-15(14)19)18(24)20-12-5-4-6-13(11-12)22(25)26/h2-8,11,16H,9-10H2,1H3,(H,20,24)(H,21,23)/t16-/m1/s1. The number of thioether (sulfide) groups is 1. The first-order valence-electron chi connectivity index (χ1n) is 8.02. The number of hydrogen-bond acceptors (Lipinski definition) is 5. The first-order valence-corrected chi connectivity index (χ1v) is 9.79. The van der Waals surface area contributed by atoms with Crippen LogP contribution in [0.5, 0.6) is 0 Å². The van der Waals surface area contributed by atoms with Gasteiger partial charge in [0.05, 0.1) is 15.5 Å². The third-order valence-corrected chi connectivity index (χ3v) is 4.65. The third kappa shape index (κ3) is 5.97. The van der Waals surface area contributed by atoms with E-state index in [9.17, 15) is 19.7 Å². The molecule has 2 aromatic carbocycles. The van der Waals surface area contributed by atoms with Crippen LogP contribution >= 0.6 is 23.4 Å². The smallest absolute Gasteiger partial charge is 0.271 e. The first-order chi connectivity index (χ1) is 12.9. The molecule has 0 saturated carbocycles. The quantitative estimate of drug-likeness (QED) is 0.512. The van der Waals surface area contributed by atoms with Crippen LogP contribution in [0.2, 0.25) is 5.02 Å². The highest BCUT2D eigenvalue weighted by atomic mass is 35.5. The van der Waals surface area contributed by atoms with Crippen molar-refractivity contribution in [2.24, 2.45) is 0 Å². The Morgan fingerprint density at radius 2 is 1.96 bits per heavy atom. The minimum Gasteiger partial charge on any atom is -0.340 e. The molecule has 2 rings (SSSR count). The molecule has 9 heteroatoms. The second-order valence-electron chi connectivity index (χ2n) is 5.58. The van der Waals surface area contributed by atoms with Gasteiger partial charge in [0, 0.05) is 17.8 Å². The lowest BCUT2D eigenvalue weighted by Crippen LogP contribution is -2.44. The molecule has 27 heavy (non-hydrogen) atoms. The Morgan fingerprint density at radius 1 is 1.22 bits per heavy atom. The molecule has 1 atom stereocenters. The first kappa shape index (κ1) is 20.7. The van der Waals surface area contributed by atoms with E-state index in [1.54, 1.807) is 30.3 Å². The molecule has 0 spiro atoms. The van der Waals surface area contributed by atoms with Crippen molar-refractivity contribution in [3.05, 3.63) is 69.2 Å². The van der Waals surface area contributed by atoms with E-state index in [1.165, 1.54) is 30.0 Å². The van der Waals surface area contributed by atoms with Gasteiger partial charge in [0.15, 0.2) is 0 Å². The lowest BCUT2D eigenvalue weighted by Gasteiger charge is -2.18. The molecule has 2 amide bonds. The Morgan fingerprint density at radius 3 is 2.63 bits per heavy atom. The average molecular weight is 408 g/mol. The number of carbonyl (C=O) groups is 2. The number of hydrogen-bond donors (Lipinski definition) is 2. The summed E-state index contributed by atoms with van der Waals surface area (Å²) in [5, 5.41) is 16.5. The van der Waals surface area contributed by atoms with Crippen LogP contribution < -0.4 is 10.6 Å². The van der Waals surface area contributed by atoms with Crippen molar-refractivity contribution < 1.29 is 14.5 Å². The fourth-order valence-electron chi connectivity index (χ4n) is 2.31. The minimum absolute atomic E-state index is 0.131. The fourth-order valence-corrected chi connectivity index (χ4v) is 3.01. The van der Waals surface area contributed by atoms with Gasteiger partial charge in [-0.05, 0) is 36.6 Å². The summed E-state index contributed by atoms with van der Waals surface area (Å²) in [7, 11) is 0. The number of carbonyl (C=O) groups excluding carboxylic acids is 2. The topological polar surface area (TPSA) is 101 Å². The zero-order valence-corrected chi connectivity index (χ0v) is 16.0. The van der Waals surface area contributed by atoms with Gasteiger partial charge in [0.25, 0.3) is 11.6 Å². The molecular formula is C18H18ClN3O4S. The normalized spacial score (nSPS) is 11.5. The summed E-state index contributed by atoms with van der Waals surface area (Å²) in [6, 6.07) is 11.4. The molecule has 0 saturated heterocycles. The van der Waals surface area contributed by atoms with E-state index >= 15 is 0 Å². The van der Waals surface area contributed by atoms with Crippen LogP contribution in [0.1, 0.15) is 16.8 Å². The molecule has 0 bridgehead atoms. The number of nitro benzene ring substituents is 1. The van der Waals surface area contributed by atoms with Crippen molar-refractivity contribution in [1.82, 2.24) is 5.32 Å². The Hall–Kier alpha value is -2.58. The molecule has 0 aliphatic heterocycles. The van der Waals surface area contributed by atoms with Crippen LogP contribution in [-0.4, -0.2) is 34.8 Å². The molecular weight excluding hydrogens is 390 g/mol. The average Bonchev–Trinajstić information content (AvgIpc) is 2.65. The molecule has 2 N–H and O–H groups in total. The number of nitrogens with zero attached hydrogens (tertiary/aromatic N) is 1. The zero-order valence-electron chi connectivity index (χ0n) is 14.5. The maximum atomic E-state index is 12.6. The van der Waals surface area contributed by atoms with Gasteiger partial charge >= 0.3 is 0 Å². The van der Waals surface area contributed by atoms with Crippen molar-refractivity contribution >= 4 is 46.6 Å². The molecule has 0 aromatic heterocycles. The summed E-state index contributed by atoms with van der Waals surface area (Å²) >= 11 is 7.57. The van der Waals surface area contributed by atoms with E-state index in [1.807, 2.05) is 6.26 Å². The summed E-state index contributed by atoms with van der Waals surface area (Å²) in [6.07, 6.45) is 2.30. The molecule has 0 fully saturated rings. The molecule has 0 heterocycles. The van der Waals surface area contributed by atoms with E-state index in [0.29, 0.717) is 12.2 Å². The summed E-state index contributed by atoms with van der Waals surface area (Å²) < 4.78 is 0.